The number of benzene rings is 1. The summed E-state index contributed by atoms with van der Waals surface area (Å²) in [4.78, 5) is 4.55. The molecule has 1 aromatic heterocycles. The van der Waals surface area contributed by atoms with Crippen LogP contribution in [0.5, 0.6) is 0 Å². The van der Waals surface area contributed by atoms with Gasteiger partial charge in [-0.3, -0.25) is 0 Å². The molecule has 1 atom stereocenters. The zero-order chi connectivity index (χ0) is 10.1. The van der Waals surface area contributed by atoms with Crippen molar-refractivity contribution >= 4 is 11.0 Å². The van der Waals surface area contributed by atoms with E-state index in [-0.39, 0.29) is 0 Å². The van der Waals surface area contributed by atoms with Crippen LogP contribution in [0.2, 0.25) is 0 Å². The predicted molar refractivity (Wildman–Crippen MR) is 59.5 cm³/mol. The average molecular weight is 188 g/mol. The lowest BCUT2D eigenvalue weighted by atomic mass is 10.2. The minimum absolute atomic E-state index is 0.530. The largest absolute Gasteiger partial charge is 0.325 e. The van der Waals surface area contributed by atoms with Gasteiger partial charge in [0.05, 0.1) is 11.0 Å². The zero-order valence-electron chi connectivity index (χ0n) is 8.99. The number of para-hydroxylation sites is 2. The number of hydrogen-bond donors (Lipinski definition) is 0. The lowest BCUT2D eigenvalue weighted by molar-refractivity contribution is 0.532. The first kappa shape index (κ1) is 9.25. The number of nitrogens with zero attached hydrogens (tertiary/aromatic N) is 2. The number of hydrogen-bond acceptors (Lipinski definition) is 1. The second-order valence-electron chi connectivity index (χ2n) is 3.78. The van der Waals surface area contributed by atoms with Crippen molar-refractivity contribution < 1.29 is 0 Å². The normalized spacial score (nSPS) is 13.4. The van der Waals surface area contributed by atoms with Gasteiger partial charge in [-0.1, -0.05) is 19.1 Å². The molecule has 0 aliphatic rings. The summed E-state index contributed by atoms with van der Waals surface area (Å²) >= 11 is 0. The van der Waals surface area contributed by atoms with Crippen molar-refractivity contribution in [1.82, 2.24) is 9.55 Å². The Hall–Kier alpha value is -1.31. The second kappa shape index (κ2) is 3.45. The molecule has 0 bridgehead atoms. The smallest absolute Gasteiger partial charge is 0.106 e. The molecule has 0 amide bonds. The first-order valence-corrected chi connectivity index (χ1v) is 5.17. The van der Waals surface area contributed by atoms with Gasteiger partial charge >= 0.3 is 0 Å². The standard InChI is InChI=1S/C12H16N2/c1-4-9(2)14-10(3)13-11-7-5-6-8-12(11)14/h5-9H,4H2,1-3H3. The lowest BCUT2D eigenvalue weighted by Gasteiger charge is -2.13. The monoisotopic (exact) mass is 188 g/mol. The fraction of sp³-hybridized carbons (Fsp3) is 0.417. The van der Waals surface area contributed by atoms with Gasteiger partial charge < -0.3 is 4.57 Å². The Balaban J connectivity index is 2.67. The summed E-state index contributed by atoms with van der Waals surface area (Å²) < 4.78 is 2.31. The molecule has 2 nitrogen and oxygen atoms in total. The Morgan fingerprint density at radius 2 is 2.07 bits per heavy atom. The highest BCUT2D eigenvalue weighted by Crippen LogP contribution is 2.21. The van der Waals surface area contributed by atoms with Crippen LogP contribution in [0.15, 0.2) is 24.3 Å². The molecular weight excluding hydrogens is 172 g/mol. The number of aromatic nitrogens is 2. The van der Waals surface area contributed by atoms with Crippen molar-refractivity contribution in [3.63, 3.8) is 0 Å². The summed E-state index contributed by atoms with van der Waals surface area (Å²) in [5.41, 5.74) is 2.35. The van der Waals surface area contributed by atoms with E-state index in [1.165, 1.54) is 5.52 Å². The van der Waals surface area contributed by atoms with Gasteiger partial charge in [-0.05, 0) is 32.4 Å². The SMILES string of the molecule is CCC(C)n1c(C)nc2ccccc21. The Morgan fingerprint density at radius 3 is 2.79 bits per heavy atom. The summed E-state index contributed by atoms with van der Waals surface area (Å²) in [6, 6.07) is 8.85. The summed E-state index contributed by atoms with van der Waals surface area (Å²) in [6.45, 7) is 6.52. The van der Waals surface area contributed by atoms with Crippen LogP contribution in [0.3, 0.4) is 0 Å². The van der Waals surface area contributed by atoms with Crippen molar-refractivity contribution in [2.45, 2.75) is 33.2 Å². The van der Waals surface area contributed by atoms with E-state index in [2.05, 4.69) is 48.5 Å². The molecule has 0 aliphatic carbocycles. The third kappa shape index (κ3) is 1.31. The summed E-state index contributed by atoms with van der Waals surface area (Å²) in [5, 5.41) is 0. The maximum Gasteiger partial charge on any atom is 0.106 e. The molecule has 0 spiro atoms. The van der Waals surface area contributed by atoms with Crippen molar-refractivity contribution in [3.05, 3.63) is 30.1 Å². The highest BCUT2D eigenvalue weighted by Gasteiger charge is 2.10. The molecule has 0 aliphatic heterocycles. The van der Waals surface area contributed by atoms with E-state index in [0.29, 0.717) is 6.04 Å². The molecular formula is C12H16N2. The van der Waals surface area contributed by atoms with Gasteiger partial charge in [-0.2, -0.15) is 0 Å². The molecule has 0 N–H and O–H groups in total. The van der Waals surface area contributed by atoms with Crippen molar-refractivity contribution in [1.29, 1.82) is 0 Å². The third-order valence-electron chi connectivity index (χ3n) is 2.80. The number of imidazole rings is 1. The first-order chi connectivity index (χ1) is 6.74. The molecule has 0 radical (unpaired) electrons. The Kier molecular flexibility index (Phi) is 2.28. The van der Waals surface area contributed by atoms with Crippen LogP contribution >= 0.6 is 0 Å². The van der Waals surface area contributed by atoms with E-state index in [4.69, 9.17) is 0 Å². The topological polar surface area (TPSA) is 17.8 Å². The Morgan fingerprint density at radius 1 is 1.36 bits per heavy atom. The minimum Gasteiger partial charge on any atom is -0.325 e. The van der Waals surface area contributed by atoms with Gasteiger partial charge in [0.1, 0.15) is 5.82 Å². The van der Waals surface area contributed by atoms with E-state index in [1.807, 2.05) is 6.07 Å². The van der Waals surface area contributed by atoms with Gasteiger partial charge in [-0.25, -0.2) is 4.98 Å². The molecule has 0 saturated heterocycles. The van der Waals surface area contributed by atoms with Gasteiger partial charge in [0.25, 0.3) is 0 Å². The molecule has 2 rings (SSSR count). The van der Waals surface area contributed by atoms with Crippen LogP contribution < -0.4 is 0 Å². The third-order valence-corrected chi connectivity index (χ3v) is 2.80. The maximum absolute atomic E-state index is 4.55. The highest BCUT2D eigenvalue weighted by atomic mass is 15.1. The predicted octanol–water partition coefficient (Wildman–Crippen LogP) is 3.32. The molecule has 1 unspecified atom stereocenters. The summed E-state index contributed by atoms with van der Waals surface area (Å²) in [5.74, 6) is 1.11. The Labute approximate surface area is 84.6 Å². The van der Waals surface area contributed by atoms with E-state index in [1.54, 1.807) is 0 Å². The number of fused-ring (bicyclic) bond motifs is 1. The van der Waals surface area contributed by atoms with E-state index >= 15 is 0 Å². The summed E-state index contributed by atoms with van der Waals surface area (Å²) in [7, 11) is 0. The fourth-order valence-electron chi connectivity index (χ4n) is 1.90. The zero-order valence-corrected chi connectivity index (χ0v) is 8.99. The molecule has 0 saturated carbocycles. The quantitative estimate of drug-likeness (QED) is 0.707. The average Bonchev–Trinajstić information content (AvgIpc) is 2.53. The minimum atomic E-state index is 0.530. The van der Waals surface area contributed by atoms with E-state index < -0.39 is 0 Å². The van der Waals surface area contributed by atoms with Crippen molar-refractivity contribution in [2.75, 3.05) is 0 Å². The van der Waals surface area contributed by atoms with Crippen LogP contribution in [0.25, 0.3) is 11.0 Å². The number of rotatable bonds is 2. The van der Waals surface area contributed by atoms with Crippen molar-refractivity contribution in [2.24, 2.45) is 0 Å². The fourth-order valence-corrected chi connectivity index (χ4v) is 1.90. The molecule has 1 aromatic carbocycles. The van der Waals surface area contributed by atoms with Crippen LogP contribution in [0, 0.1) is 6.92 Å². The maximum atomic E-state index is 4.55. The Bertz CT molecular complexity index is 443. The van der Waals surface area contributed by atoms with Crippen molar-refractivity contribution in [3.8, 4) is 0 Å². The molecule has 2 heteroatoms. The van der Waals surface area contributed by atoms with Crippen LogP contribution in [-0.4, -0.2) is 9.55 Å². The first-order valence-electron chi connectivity index (χ1n) is 5.17. The van der Waals surface area contributed by atoms with Gasteiger partial charge in [0.2, 0.25) is 0 Å². The lowest BCUT2D eigenvalue weighted by Crippen LogP contribution is -2.05. The van der Waals surface area contributed by atoms with Gasteiger partial charge in [0.15, 0.2) is 0 Å². The second-order valence-corrected chi connectivity index (χ2v) is 3.78. The molecule has 1 heterocycles. The van der Waals surface area contributed by atoms with Gasteiger partial charge in [0, 0.05) is 6.04 Å². The van der Waals surface area contributed by atoms with Crippen LogP contribution in [-0.2, 0) is 0 Å². The molecule has 0 fully saturated rings. The highest BCUT2D eigenvalue weighted by molar-refractivity contribution is 5.75. The van der Waals surface area contributed by atoms with Gasteiger partial charge in [-0.15, -0.1) is 0 Å². The summed E-state index contributed by atoms with van der Waals surface area (Å²) in [6.07, 6.45) is 1.14. The molecule has 14 heavy (non-hydrogen) atoms. The van der Waals surface area contributed by atoms with E-state index in [0.717, 1.165) is 17.8 Å². The molecule has 2 aromatic rings. The number of aryl methyl sites for hydroxylation is 1. The van der Waals surface area contributed by atoms with Crippen LogP contribution in [0.1, 0.15) is 32.1 Å². The van der Waals surface area contributed by atoms with E-state index in [9.17, 15) is 0 Å². The van der Waals surface area contributed by atoms with Crippen LogP contribution in [0.4, 0.5) is 0 Å². The molecule has 74 valence electrons.